The van der Waals surface area contributed by atoms with E-state index in [0.29, 0.717) is 11.5 Å². The highest BCUT2D eigenvalue weighted by atomic mass is 16.3. The zero-order chi connectivity index (χ0) is 20.2. The predicted molar refractivity (Wildman–Crippen MR) is 111 cm³/mol. The molecule has 0 amide bonds. The van der Waals surface area contributed by atoms with Crippen molar-refractivity contribution < 1.29 is 10.2 Å². The maximum atomic E-state index is 10.6. The van der Waals surface area contributed by atoms with Crippen molar-refractivity contribution in [3.05, 3.63) is 23.3 Å². The lowest BCUT2D eigenvalue weighted by Crippen LogP contribution is -2.25. The summed E-state index contributed by atoms with van der Waals surface area (Å²) in [5, 5.41) is 21.1. The fourth-order valence-electron chi connectivity index (χ4n) is 3.98. The SMILES string of the molecule is CC.CC(CC(C)(C)C)c1cc(O)c(C(C)(C)CC(C)(C)C)cc1O. The third-order valence-corrected chi connectivity index (χ3v) is 4.30. The first kappa shape index (κ1) is 23.8. The van der Waals surface area contributed by atoms with Crippen LogP contribution in [-0.2, 0) is 5.41 Å². The molecule has 25 heavy (non-hydrogen) atoms. The summed E-state index contributed by atoms with van der Waals surface area (Å²) in [7, 11) is 0. The Labute approximate surface area is 156 Å². The monoisotopic (exact) mass is 350 g/mol. The van der Waals surface area contributed by atoms with Crippen molar-refractivity contribution in [3.63, 3.8) is 0 Å². The van der Waals surface area contributed by atoms with Gasteiger partial charge >= 0.3 is 0 Å². The molecule has 1 atom stereocenters. The molecule has 1 aromatic carbocycles. The number of aromatic hydroxyl groups is 2. The van der Waals surface area contributed by atoms with E-state index in [0.717, 1.165) is 24.0 Å². The van der Waals surface area contributed by atoms with E-state index in [-0.39, 0.29) is 22.2 Å². The average molecular weight is 351 g/mol. The van der Waals surface area contributed by atoms with E-state index < -0.39 is 0 Å². The number of phenols is 2. The minimum atomic E-state index is -0.189. The first-order chi connectivity index (χ1) is 11.1. The molecule has 1 unspecified atom stereocenters. The van der Waals surface area contributed by atoms with Gasteiger partial charge < -0.3 is 10.2 Å². The van der Waals surface area contributed by atoms with Crippen LogP contribution < -0.4 is 0 Å². The van der Waals surface area contributed by atoms with Crippen LogP contribution in [0.25, 0.3) is 0 Å². The third kappa shape index (κ3) is 7.71. The van der Waals surface area contributed by atoms with Crippen molar-refractivity contribution in [1.29, 1.82) is 0 Å². The summed E-state index contributed by atoms with van der Waals surface area (Å²) < 4.78 is 0. The molecule has 0 spiro atoms. The summed E-state index contributed by atoms with van der Waals surface area (Å²) in [6.07, 6.45) is 1.90. The summed E-state index contributed by atoms with van der Waals surface area (Å²) in [5.74, 6) is 0.810. The van der Waals surface area contributed by atoms with Gasteiger partial charge in [0.15, 0.2) is 0 Å². The van der Waals surface area contributed by atoms with E-state index in [4.69, 9.17) is 0 Å². The Bertz CT molecular complexity index is 542. The summed E-state index contributed by atoms with van der Waals surface area (Å²) in [6.45, 7) is 23.6. The minimum absolute atomic E-state index is 0.157. The van der Waals surface area contributed by atoms with Crippen LogP contribution in [0.15, 0.2) is 12.1 Å². The van der Waals surface area contributed by atoms with Gasteiger partial charge in [0.1, 0.15) is 11.5 Å². The van der Waals surface area contributed by atoms with Crippen LogP contribution in [0.3, 0.4) is 0 Å². The molecule has 1 aromatic rings. The number of hydrogen-bond acceptors (Lipinski definition) is 2. The molecule has 146 valence electrons. The molecule has 0 fully saturated rings. The lowest BCUT2D eigenvalue weighted by molar-refractivity contribution is 0.277. The van der Waals surface area contributed by atoms with Gasteiger partial charge in [0.25, 0.3) is 0 Å². The second-order valence-corrected chi connectivity index (χ2v) is 10.2. The van der Waals surface area contributed by atoms with E-state index in [1.807, 2.05) is 13.8 Å². The van der Waals surface area contributed by atoms with Crippen LogP contribution in [0.4, 0.5) is 0 Å². The van der Waals surface area contributed by atoms with Crippen LogP contribution in [0.5, 0.6) is 11.5 Å². The summed E-state index contributed by atoms with van der Waals surface area (Å²) in [6, 6.07) is 3.54. The van der Waals surface area contributed by atoms with E-state index in [1.54, 1.807) is 12.1 Å². The van der Waals surface area contributed by atoms with E-state index in [9.17, 15) is 10.2 Å². The van der Waals surface area contributed by atoms with Crippen molar-refractivity contribution in [2.45, 2.75) is 100 Å². The van der Waals surface area contributed by atoms with Crippen molar-refractivity contribution in [1.82, 2.24) is 0 Å². The minimum Gasteiger partial charge on any atom is -0.508 e. The van der Waals surface area contributed by atoms with Gasteiger partial charge in [-0.3, -0.25) is 0 Å². The maximum absolute atomic E-state index is 10.6. The zero-order valence-electron chi connectivity index (χ0n) is 18.5. The molecular formula is C23H42O2. The van der Waals surface area contributed by atoms with E-state index >= 15 is 0 Å². The van der Waals surface area contributed by atoms with Crippen molar-refractivity contribution in [3.8, 4) is 11.5 Å². The fourth-order valence-corrected chi connectivity index (χ4v) is 3.98. The van der Waals surface area contributed by atoms with Gasteiger partial charge in [0.2, 0.25) is 0 Å². The lowest BCUT2D eigenvalue weighted by atomic mass is 9.71. The molecule has 2 N–H and O–H groups in total. The van der Waals surface area contributed by atoms with Crippen LogP contribution in [-0.4, -0.2) is 10.2 Å². The van der Waals surface area contributed by atoms with E-state index in [2.05, 4.69) is 62.3 Å². The first-order valence-corrected chi connectivity index (χ1v) is 9.69. The highest BCUT2D eigenvalue weighted by molar-refractivity contribution is 5.49. The van der Waals surface area contributed by atoms with Crippen molar-refractivity contribution in [2.24, 2.45) is 10.8 Å². The molecule has 0 heterocycles. The van der Waals surface area contributed by atoms with Crippen molar-refractivity contribution in [2.75, 3.05) is 0 Å². The Hall–Kier alpha value is -1.18. The van der Waals surface area contributed by atoms with Crippen LogP contribution in [0.1, 0.15) is 106 Å². The molecule has 0 saturated heterocycles. The van der Waals surface area contributed by atoms with Gasteiger partial charge in [0, 0.05) is 11.1 Å². The molecule has 0 radical (unpaired) electrons. The van der Waals surface area contributed by atoms with Gasteiger partial charge in [-0.05, 0) is 47.1 Å². The number of rotatable bonds is 4. The second kappa shape index (κ2) is 8.47. The quantitative estimate of drug-likeness (QED) is 0.556. The zero-order valence-corrected chi connectivity index (χ0v) is 18.5. The number of hydrogen-bond donors (Lipinski definition) is 2. The van der Waals surface area contributed by atoms with Crippen LogP contribution >= 0.6 is 0 Å². The molecule has 0 aromatic heterocycles. The largest absolute Gasteiger partial charge is 0.508 e. The Morgan fingerprint density at radius 1 is 0.800 bits per heavy atom. The van der Waals surface area contributed by atoms with E-state index in [1.165, 1.54) is 0 Å². The molecule has 2 nitrogen and oxygen atoms in total. The second-order valence-electron chi connectivity index (χ2n) is 10.2. The van der Waals surface area contributed by atoms with Gasteiger partial charge in [-0.15, -0.1) is 0 Å². The lowest BCUT2D eigenvalue weighted by Gasteiger charge is -2.34. The highest BCUT2D eigenvalue weighted by Gasteiger charge is 2.31. The Balaban J connectivity index is 0.00000277. The summed E-state index contributed by atoms with van der Waals surface area (Å²) in [5.41, 5.74) is 1.82. The third-order valence-electron chi connectivity index (χ3n) is 4.30. The number of benzene rings is 1. The summed E-state index contributed by atoms with van der Waals surface area (Å²) >= 11 is 0. The summed E-state index contributed by atoms with van der Waals surface area (Å²) in [4.78, 5) is 0. The van der Waals surface area contributed by atoms with Crippen LogP contribution in [0.2, 0.25) is 0 Å². The molecule has 0 aliphatic heterocycles. The molecular weight excluding hydrogens is 308 g/mol. The highest BCUT2D eigenvalue weighted by Crippen LogP contribution is 2.44. The fraction of sp³-hybridized carbons (Fsp3) is 0.739. The normalized spacial score (nSPS) is 13.9. The van der Waals surface area contributed by atoms with Gasteiger partial charge in [-0.25, -0.2) is 0 Å². The average Bonchev–Trinajstić information content (AvgIpc) is 2.38. The molecule has 2 heteroatoms. The molecule has 0 saturated carbocycles. The van der Waals surface area contributed by atoms with Crippen LogP contribution in [0, 0.1) is 10.8 Å². The number of phenolic OH excluding ortho intramolecular Hbond substituents is 2. The standard InChI is InChI=1S/C21H36O2.C2H6/c1-14(12-19(2,3)4)15-10-18(23)16(11-17(15)22)21(8,9)13-20(5,6)7;1-2/h10-11,14,22-23H,12-13H2,1-9H3;1-2H3. The smallest absolute Gasteiger partial charge is 0.119 e. The maximum Gasteiger partial charge on any atom is 0.119 e. The predicted octanol–water partition coefficient (Wildman–Crippen LogP) is 7.38. The Morgan fingerprint density at radius 2 is 1.28 bits per heavy atom. The van der Waals surface area contributed by atoms with Crippen molar-refractivity contribution >= 4 is 0 Å². The molecule has 1 rings (SSSR count). The first-order valence-electron chi connectivity index (χ1n) is 9.69. The Kier molecular flexibility index (Phi) is 8.07. The topological polar surface area (TPSA) is 40.5 Å². The molecule has 0 aliphatic rings. The van der Waals surface area contributed by atoms with Gasteiger partial charge in [-0.1, -0.05) is 76.2 Å². The van der Waals surface area contributed by atoms with Gasteiger partial charge in [-0.2, -0.15) is 0 Å². The molecule has 0 aliphatic carbocycles. The molecule has 0 bridgehead atoms. The Morgan fingerprint density at radius 3 is 1.68 bits per heavy atom. The van der Waals surface area contributed by atoms with Gasteiger partial charge in [0.05, 0.1) is 0 Å².